The van der Waals surface area contributed by atoms with Gasteiger partial charge in [-0.05, 0) is 26.0 Å². The van der Waals surface area contributed by atoms with Gasteiger partial charge in [0, 0.05) is 30.8 Å². The highest BCUT2D eigenvalue weighted by Gasteiger charge is 2.43. The number of carboxylic acid groups (broad SMARTS) is 1. The van der Waals surface area contributed by atoms with Crippen molar-refractivity contribution in [1.29, 1.82) is 0 Å². The molecule has 1 aliphatic heterocycles. The highest BCUT2D eigenvalue weighted by molar-refractivity contribution is 6.34. The van der Waals surface area contributed by atoms with E-state index in [1.165, 1.54) is 30.7 Å². The molecule has 2 aromatic rings. The van der Waals surface area contributed by atoms with Gasteiger partial charge in [-0.1, -0.05) is 16.8 Å². The average molecular weight is 396 g/mol. The van der Waals surface area contributed by atoms with Gasteiger partial charge in [-0.2, -0.15) is 0 Å². The number of aryl methyl sites for hydroxylation is 1. The molecule has 10 heteroatoms. The Kier molecular flexibility index (Phi) is 4.43. The minimum atomic E-state index is -1.58. The third-order valence-corrected chi connectivity index (χ3v) is 4.78. The highest BCUT2D eigenvalue weighted by atomic mass is 35.5. The van der Waals surface area contributed by atoms with Crippen LogP contribution in [0.25, 0.3) is 5.69 Å². The predicted octanol–water partition coefficient (Wildman–Crippen LogP) is 1.60. The van der Waals surface area contributed by atoms with Crippen LogP contribution < -0.4 is 11.2 Å². The smallest absolute Gasteiger partial charge is 0.351 e. The van der Waals surface area contributed by atoms with E-state index < -0.39 is 28.6 Å². The van der Waals surface area contributed by atoms with Crippen molar-refractivity contribution in [2.75, 3.05) is 0 Å². The summed E-state index contributed by atoms with van der Waals surface area (Å²) in [5.74, 6) is -2.10. The standard InChI is InChI=1S/C17H15ClFN3O5/c1-8-4-14(23)22(16(26)21(8)3)13-5-9(10(18)6-11(13)19)12-7-17(2,15(24)25)27-20-12/h4-6H,7H2,1-3H3,(H,24,25). The summed E-state index contributed by atoms with van der Waals surface area (Å²) < 4.78 is 16.4. The number of aromatic nitrogens is 2. The lowest BCUT2D eigenvalue weighted by molar-refractivity contribution is -0.160. The second-order valence-corrected chi connectivity index (χ2v) is 6.83. The van der Waals surface area contributed by atoms with Crippen molar-refractivity contribution in [1.82, 2.24) is 9.13 Å². The molecule has 0 saturated carbocycles. The third-order valence-electron chi connectivity index (χ3n) is 4.46. The van der Waals surface area contributed by atoms with E-state index in [4.69, 9.17) is 16.4 Å². The number of halogens is 2. The van der Waals surface area contributed by atoms with Crippen molar-refractivity contribution < 1.29 is 19.1 Å². The van der Waals surface area contributed by atoms with Crippen LogP contribution >= 0.6 is 11.6 Å². The summed E-state index contributed by atoms with van der Waals surface area (Å²) in [5, 5.41) is 12.9. The minimum Gasteiger partial charge on any atom is -0.478 e. The van der Waals surface area contributed by atoms with Crippen molar-refractivity contribution in [2.45, 2.75) is 25.9 Å². The molecule has 0 aliphatic carbocycles. The average Bonchev–Trinajstić information content (AvgIpc) is 2.98. The number of oxime groups is 1. The summed E-state index contributed by atoms with van der Waals surface area (Å²) in [5.41, 5.74) is -2.57. The SMILES string of the molecule is Cc1cc(=O)n(-c2cc(C3=NOC(C)(C(=O)O)C3)c(Cl)cc2F)c(=O)n1C. The Hall–Kier alpha value is -2.94. The van der Waals surface area contributed by atoms with E-state index >= 15 is 0 Å². The number of carbonyl (C=O) groups is 1. The van der Waals surface area contributed by atoms with Gasteiger partial charge >= 0.3 is 11.7 Å². The Morgan fingerprint density at radius 3 is 2.63 bits per heavy atom. The molecule has 0 spiro atoms. The summed E-state index contributed by atoms with van der Waals surface area (Å²) in [6.07, 6.45) is -0.117. The zero-order valence-corrected chi connectivity index (χ0v) is 15.4. The van der Waals surface area contributed by atoms with Gasteiger partial charge < -0.3 is 14.5 Å². The predicted molar refractivity (Wildman–Crippen MR) is 95.3 cm³/mol. The Morgan fingerprint density at radius 1 is 1.37 bits per heavy atom. The second-order valence-electron chi connectivity index (χ2n) is 6.43. The van der Waals surface area contributed by atoms with Gasteiger partial charge in [0.1, 0.15) is 5.82 Å². The van der Waals surface area contributed by atoms with Crippen molar-refractivity contribution in [3.05, 3.63) is 61.1 Å². The largest absolute Gasteiger partial charge is 0.478 e. The first-order chi connectivity index (χ1) is 12.5. The maximum absolute atomic E-state index is 14.5. The van der Waals surface area contributed by atoms with Gasteiger partial charge in [-0.3, -0.25) is 4.79 Å². The van der Waals surface area contributed by atoms with Crippen LogP contribution in [0.2, 0.25) is 5.02 Å². The number of aliphatic carboxylic acids is 1. The van der Waals surface area contributed by atoms with E-state index in [1.807, 2.05) is 0 Å². The Morgan fingerprint density at radius 2 is 2.04 bits per heavy atom. The van der Waals surface area contributed by atoms with Crippen LogP contribution in [0.3, 0.4) is 0 Å². The fraction of sp³-hybridized carbons (Fsp3) is 0.294. The maximum Gasteiger partial charge on any atom is 0.351 e. The summed E-state index contributed by atoms with van der Waals surface area (Å²) in [4.78, 5) is 41.0. The first kappa shape index (κ1) is 18.8. The number of benzene rings is 1. The van der Waals surface area contributed by atoms with E-state index in [9.17, 15) is 23.9 Å². The molecule has 27 heavy (non-hydrogen) atoms. The topological polar surface area (TPSA) is 103 Å². The minimum absolute atomic E-state index is 0.0507. The number of hydrogen-bond acceptors (Lipinski definition) is 5. The molecule has 0 saturated heterocycles. The third kappa shape index (κ3) is 3.03. The van der Waals surface area contributed by atoms with E-state index in [0.717, 1.165) is 6.07 Å². The molecule has 0 amide bonds. The molecule has 1 aromatic carbocycles. The molecule has 142 valence electrons. The molecular formula is C17H15ClFN3O5. The molecular weight excluding hydrogens is 381 g/mol. The zero-order valence-electron chi connectivity index (χ0n) is 14.6. The van der Waals surface area contributed by atoms with Gasteiger partial charge in [0.05, 0.1) is 16.4 Å². The van der Waals surface area contributed by atoms with Gasteiger partial charge in [-0.25, -0.2) is 18.5 Å². The number of rotatable bonds is 3. The molecule has 0 fully saturated rings. The Labute approximate surface area is 157 Å². The molecule has 1 aromatic heterocycles. The summed E-state index contributed by atoms with van der Waals surface area (Å²) in [7, 11) is 1.45. The van der Waals surface area contributed by atoms with Crippen LogP contribution in [0.5, 0.6) is 0 Å². The summed E-state index contributed by atoms with van der Waals surface area (Å²) in [6.45, 7) is 2.92. The first-order valence-electron chi connectivity index (χ1n) is 7.83. The lowest BCUT2D eigenvalue weighted by Gasteiger charge is -2.15. The monoisotopic (exact) mass is 395 g/mol. The fourth-order valence-corrected chi connectivity index (χ4v) is 2.95. The first-order valence-corrected chi connectivity index (χ1v) is 8.21. The van der Waals surface area contributed by atoms with Crippen LogP contribution in [0, 0.1) is 12.7 Å². The maximum atomic E-state index is 14.5. The molecule has 0 radical (unpaired) electrons. The fourth-order valence-electron chi connectivity index (χ4n) is 2.69. The molecule has 0 bridgehead atoms. The van der Waals surface area contributed by atoms with Gasteiger partial charge in [0.25, 0.3) is 5.56 Å². The number of hydrogen-bond donors (Lipinski definition) is 1. The van der Waals surface area contributed by atoms with Crippen LogP contribution in [-0.4, -0.2) is 31.5 Å². The number of nitrogens with zero attached hydrogens (tertiary/aromatic N) is 3. The highest BCUT2D eigenvalue weighted by Crippen LogP contribution is 2.31. The van der Waals surface area contributed by atoms with Crippen molar-refractivity contribution in [3.63, 3.8) is 0 Å². The molecule has 1 atom stereocenters. The van der Waals surface area contributed by atoms with E-state index in [0.29, 0.717) is 10.3 Å². The Bertz CT molecular complexity index is 1120. The van der Waals surface area contributed by atoms with Crippen molar-refractivity contribution in [2.24, 2.45) is 12.2 Å². The normalized spacial score (nSPS) is 18.9. The van der Waals surface area contributed by atoms with Crippen molar-refractivity contribution >= 4 is 23.3 Å². The lowest BCUT2D eigenvalue weighted by atomic mass is 9.96. The molecule has 3 rings (SSSR count). The van der Waals surface area contributed by atoms with Crippen LogP contribution in [0.4, 0.5) is 4.39 Å². The van der Waals surface area contributed by atoms with Crippen LogP contribution in [0.1, 0.15) is 24.6 Å². The molecule has 8 nitrogen and oxygen atoms in total. The van der Waals surface area contributed by atoms with E-state index in [-0.39, 0.29) is 28.4 Å². The van der Waals surface area contributed by atoms with Gasteiger partial charge in [0.15, 0.2) is 0 Å². The molecule has 2 heterocycles. The summed E-state index contributed by atoms with van der Waals surface area (Å²) >= 11 is 6.08. The lowest BCUT2D eigenvalue weighted by Crippen LogP contribution is -2.38. The van der Waals surface area contributed by atoms with Crippen LogP contribution in [0.15, 0.2) is 32.9 Å². The summed E-state index contributed by atoms with van der Waals surface area (Å²) in [6, 6.07) is 3.33. The molecule has 1 N–H and O–H groups in total. The van der Waals surface area contributed by atoms with E-state index in [2.05, 4.69) is 5.16 Å². The van der Waals surface area contributed by atoms with E-state index in [1.54, 1.807) is 6.92 Å². The quantitative estimate of drug-likeness (QED) is 0.850. The van der Waals surface area contributed by atoms with Crippen LogP contribution in [-0.2, 0) is 16.7 Å². The molecule has 1 unspecified atom stereocenters. The zero-order chi connectivity index (χ0) is 20.1. The molecule has 1 aliphatic rings. The van der Waals surface area contributed by atoms with Crippen molar-refractivity contribution in [3.8, 4) is 5.69 Å². The second kappa shape index (κ2) is 6.34. The van der Waals surface area contributed by atoms with Gasteiger partial charge in [-0.15, -0.1) is 0 Å². The number of carboxylic acids is 1. The van der Waals surface area contributed by atoms with Gasteiger partial charge in [0.2, 0.25) is 5.60 Å². The Balaban J connectivity index is 2.19.